The molecule has 5 aromatic carbocycles. The Hall–Kier alpha value is -4.53. The minimum Gasteiger partial charge on any atom is -0.248 e. The van der Waals surface area contributed by atoms with Crippen LogP contribution in [0.4, 0.5) is 0 Å². The molecule has 0 unspecified atom stereocenters. The Labute approximate surface area is 220 Å². The van der Waals surface area contributed by atoms with Gasteiger partial charge in [-0.3, -0.25) is 0 Å². The van der Waals surface area contributed by atoms with Crippen LogP contribution in [-0.2, 0) is 0 Å². The molecule has 0 aliphatic rings. The lowest BCUT2D eigenvalue weighted by Crippen LogP contribution is -1.88. The van der Waals surface area contributed by atoms with Gasteiger partial charge in [-0.1, -0.05) is 127 Å². The molecule has 0 bridgehead atoms. The van der Waals surface area contributed by atoms with E-state index in [-0.39, 0.29) is 0 Å². The number of rotatable bonds is 4. The zero-order valence-corrected chi connectivity index (χ0v) is 21.0. The van der Waals surface area contributed by atoms with Gasteiger partial charge < -0.3 is 0 Å². The Bertz CT molecular complexity index is 1850. The second-order valence-electron chi connectivity index (χ2n) is 9.18. The largest absolute Gasteiger partial charge is 0.248 e. The number of thiophene rings is 1. The Balaban J connectivity index is 1.30. The molecule has 7 rings (SSSR count). The fourth-order valence-corrected chi connectivity index (χ4v) is 6.45. The van der Waals surface area contributed by atoms with E-state index in [1.807, 2.05) is 17.4 Å². The predicted molar refractivity (Wildman–Crippen MR) is 159 cm³/mol. The molecule has 0 saturated heterocycles. The van der Waals surface area contributed by atoms with Gasteiger partial charge in [-0.25, -0.2) is 4.98 Å². The molecule has 0 atom stereocenters. The zero-order valence-electron chi connectivity index (χ0n) is 20.1. The lowest BCUT2D eigenvalue weighted by atomic mass is 9.99. The Morgan fingerprint density at radius 2 is 0.784 bits per heavy atom. The van der Waals surface area contributed by atoms with Gasteiger partial charge in [-0.2, -0.15) is 0 Å². The Morgan fingerprint density at radius 1 is 0.351 bits per heavy atom. The van der Waals surface area contributed by atoms with Crippen molar-refractivity contribution in [1.29, 1.82) is 0 Å². The van der Waals surface area contributed by atoms with Gasteiger partial charge in [0.25, 0.3) is 0 Å². The third-order valence-electron chi connectivity index (χ3n) is 6.92. The first-order chi connectivity index (χ1) is 18.3. The van der Waals surface area contributed by atoms with E-state index in [2.05, 4.69) is 133 Å². The van der Waals surface area contributed by atoms with Crippen molar-refractivity contribution in [3.8, 4) is 44.8 Å². The van der Waals surface area contributed by atoms with Crippen molar-refractivity contribution in [2.75, 3.05) is 0 Å². The summed E-state index contributed by atoms with van der Waals surface area (Å²) in [4.78, 5) is 4.93. The van der Waals surface area contributed by atoms with Gasteiger partial charge in [0.15, 0.2) is 0 Å². The van der Waals surface area contributed by atoms with Crippen LogP contribution in [0.25, 0.3) is 64.9 Å². The molecule has 2 heterocycles. The van der Waals surface area contributed by atoms with E-state index in [1.54, 1.807) is 0 Å². The third-order valence-corrected chi connectivity index (χ3v) is 8.21. The fraction of sp³-hybridized carbons (Fsp3) is 0. The van der Waals surface area contributed by atoms with Crippen LogP contribution in [0.1, 0.15) is 0 Å². The maximum Gasteiger partial charge on any atom is 0.0709 e. The minimum absolute atomic E-state index is 0.987. The van der Waals surface area contributed by atoms with Gasteiger partial charge in [0.05, 0.1) is 11.4 Å². The SMILES string of the molecule is c1ccc(-c2cccc(-c3ccc(-c4cccc5c4sc4c(-c6ccccc6)cccc45)cc3)n2)cc1. The van der Waals surface area contributed by atoms with Crippen LogP contribution in [0.5, 0.6) is 0 Å². The number of fused-ring (bicyclic) bond motifs is 3. The van der Waals surface area contributed by atoms with Crippen molar-refractivity contribution >= 4 is 31.5 Å². The fourth-order valence-electron chi connectivity index (χ4n) is 5.08. The second-order valence-corrected chi connectivity index (χ2v) is 10.2. The molecule has 0 fully saturated rings. The van der Waals surface area contributed by atoms with Crippen LogP contribution in [0.2, 0.25) is 0 Å². The van der Waals surface area contributed by atoms with Gasteiger partial charge in [-0.05, 0) is 34.4 Å². The highest BCUT2D eigenvalue weighted by atomic mass is 32.1. The molecular weight excluding hydrogens is 466 g/mol. The van der Waals surface area contributed by atoms with Gasteiger partial charge >= 0.3 is 0 Å². The molecule has 0 radical (unpaired) electrons. The van der Waals surface area contributed by atoms with Gasteiger partial charge in [0.2, 0.25) is 0 Å². The van der Waals surface area contributed by atoms with Gasteiger partial charge in [0, 0.05) is 31.3 Å². The molecule has 0 aliphatic heterocycles. The highest BCUT2D eigenvalue weighted by Crippen LogP contribution is 2.43. The van der Waals surface area contributed by atoms with E-state index in [9.17, 15) is 0 Å². The lowest BCUT2D eigenvalue weighted by molar-refractivity contribution is 1.32. The molecule has 2 aromatic heterocycles. The van der Waals surface area contributed by atoms with E-state index in [1.165, 1.54) is 42.4 Å². The summed E-state index contributed by atoms with van der Waals surface area (Å²) in [7, 11) is 0. The van der Waals surface area contributed by atoms with Crippen molar-refractivity contribution in [1.82, 2.24) is 4.98 Å². The topological polar surface area (TPSA) is 12.9 Å². The predicted octanol–water partition coefficient (Wildman–Crippen LogP) is 10.1. The number of hydrogen-bond acceptors (Lipinski definition) is 2. The molecule has 2 heteroatoms. The van der Waals surface area contributed by atoms with E-state index in [4.69, 9.17) is 4.98 Å². The Morgan fingerprint density at radius 3 is 1.35 bits per heavy atom. The summed E-state index contributed by atoms with van der Waals surface area (Å²) in [6.45, 7) is 0. The summed E-state index contributed by atoms with van der Waals surface area (Å²) in [6, 6.07) is 49.4. The average Bonchev–Trinajstić information content (AvgIpc) is 3.37. The van der Waals surface area contributed by atoms with Crippen LogP contribution < -0.4 is 0 Å². The summed E-state index contributed by atoms with van der Waals surface area (Å²) >= 11 is 1.89. The molecule has 37 heavy (non-hydrogen) atoms. The van der Waals surface area contributed by atoms with Crippen LogP contribution in [0, 0.1) is 0 Å². The van der Waals surface area contributed by atoms with Crippen LogP contribution >= 0.6 is 11.3 Å². The smallest absolute Gasteiger partial charge is 0.0709 e. The number of pyridine rings is 1. The molecule has 0 amide bonds. The molecule has 1 nitrogen and oxygen atoms in total. The zero-order chi connectivity index (χ0) is 24.6. The van der Waals surface area contributed by atoms with Crippen molar-refractivity contribution in [2.45, 2.75) is 0 Å². The molecular formula is C35H23NS. The number of aromatic nitrogens is 1. The first kappa shape index (κ1) is 21.7. The highest BCUT2D eigenvalue weighted by Gasteiger charge is 2.14. The quantitative estimate of drug-likeness (QED) is 0.240. The van der Waals surface area contributed by atoms with Crippen molar-refractivity contribution in [2.24, 2.45) is 0 Å². The normalized spacial score (nSPS) is 11.2. The first-order valence-corrected chi connectivity index (χ1v) is 13.3. The standard InChI is InChI=1S/C35H23NS/c1-3-10-24(11-4-1)28-14-7-16-30-31-17-8-15-29(35(31)37-34(28)30)25-20-22-27(23-21-25)33-19-9-18-32(36-33)26-12-5-2-6-13-26/h1-23H. The van der Waals surface area contributed by atoms with Crippen LogP contribution in [0.3, 0.4) is 0 Å². The molecule has 174 valence electrons. The van der Waals surface area contributed by atoms with Crippen molar-refractivity contribution in [3.05, 3.63) is 140 Å². The monoisotopic (exact) mass is 489 g/mol. The summed E-state index contributed by atoms with van der Waals surface area (Å²) in [6.07, 6.45) is 0. The third kappa shape index (κ3) is 3.92. The molecule has 0 aliphatic carbocycles. The molecule has 7 aromatic rings. The van der Waals surface area contributed by atoms with Crippen molar-refractivity contribution < 1.29 is 0 Å². The van der Waals surface area contributed by atoms with Gasteiger partial charge in [0.1, 0.15) is 0 Å². The molecule has 0 N–H and O–H groups in total. The summed E-state index contributed by atoms with van der Waals surface area (Å²) in [5.41, 5.74) is 9.29. The van der Waals surface area contributed by atoms with Crippen molar-refractivity contribution in [3.63, 3.8) is 0 Å². The minimum atomic E-state index is 0.987. The van der Waals surface area contributed by atoms with E-state index in [0.29, 0.717) is 0 Å². The Kier molecular flexibility index (Phi) is 5.38. The molecule has 0 saturated carbocycles. The van der Waals surface area contributed by atoms with E-state index < -0.39 is 0 Å². The summed E-state index contributed by atoms with van der Waals surface area (Å²) in [5.74, 6) is 0. The van der Waals surface area contributed by atoms with Gasteiger partial charge in [-0.15, -0.1) is 11.3 Å². The van der Waals surface area contributed by atoms with Crippen LogP contribution in [0.15, 0.2) is 140 Å². The lowest BCUT2D eigenvalue weighted by Gasteiger charge is -2.07. The number of benzene rings is 5. The summed E-state index contributed by atoms with van der Waals surface area (Å²) in [5, 5.41) is 2.64. The average molecular weight is 490 g/mol. The first-order valence-electron chi connectivity index (χ1n) is 12.5. The van der Waals surface area contributed by atoms with E-state index in [0.717, 1.165) is 22.5 Å². The summed E-state index contributed by atoms with van der Waals surface area (Å²) < 4.78 is 2.67. The second kappa shape index (κ2) is 9.16. The number of hydrogen-bond donors (Lipinski definition) is 0. The molecule has 0 spiro atoms. The van der Waals surface area contributed by atoms with E-state index >= 15 is 0 Å². The number of nitrogens with zero attached hydrogens (tertiary/aromatic N) is 1. The maximum atomic E-state index is 4.93. The van der Waals surface area contributed by atoms with Crippen LogP contribution in [-0.4, -0.2) is 4.98 Å². The highest BCUT2D eigenvalue weighted by molar-refractivity contribution is 7.26. The maximum absolute atomic E-state index is 4.93.